The van der Waals surface area contributed by atoms with E-state index in [4.69, 9.17) is 4.74 Å². The quantitative estimate of drug-likeness (QED) is 0.514. The van der Waals surface area contributed by atoms with Gasteiger partial charge in [0.2, 0.25) is 10.0 Å². The van der Waals surface area contributed by atoms with Crippen molar-refractivity contribution in [2.24, 2.45) is 0 Å². The van der Waals surface area contributed by atoms with Crippen LogP contribution in [-0.4, -0.2) is 56.3 Å². The highest BCUT2D eigenvalue weighted by atomic mass is 32.2. The molecule has 1 aliphatic heterocycles. The average molecular weight is 515 g/mol. The molecule has 0 unspecified atom stereocenters. The third kappa shape index (κ3) is 5.91. The van der Waals surface area contributed by atoms with Gasteiger partial charge in [-0.2, -0.15) is 4.31 Å². The zero-order chi connectivity index (χ0) is 25.7. The van der Waals surface area contributed by atoms with Crippen LogP contribution in [0.2, 0.25) is 0 Å². The number of carbonyl (C=O) groups excluding carboxylic acids is 1. The standard InChI is InChI=1S/C27H28F2N2O4S/c1-30-13-7-8-14-31(36(33,34)24-17-21(28)16-22(29)18-24)23(15-20-9-3-2-4-10-20)19-35-26-12-6-5-11-25(26)27(30)32/h2-6,9-12,16-18,23H,7-8,13-15,19H2,1H3/t23-/m0/s1. The summed E-state index contributed by atoms with van der Waals surface area (Å²) in [4.78, 5) is 14.1. The summed E-state index contributed by atoms with van der Waals surface area (Å²) in [6.07, 6.45) is 1.31. The Kier molecular flexibility index (Phi) is 8.01. The molecule has 1 amide bonds. The van der Waals surface area contributed by atoms with Gasteiger partial charge in [-0.3, -0.25) is 4.79 Å². The van der Waals surface area contributed by atoms with Crippen LogP contribution >= 0.6 is 0 Å². The lowest BCUT2D eigenvalue weighted by atomic mass is 10.1. The van der Waals surface area contributed by atoms with Crippen LogP contribution in [0.1, 0.15) is 28.8 Å². The SMILES string of the molecule is CN1CCCCN(S(=O)(=O)c2cc(F)cc(F)c2)[C@@H](Cc2ccccc2)COc2ccccc2C1=O. The van der Waals surface area contributed by atoms with Gasteiger partial charge in [-0.1, -0.05) is 42.5 Å². The second kappa shape index (κ2) is 11.2. The number of amides is 1. The summed E-state index contributed by atoms with van der Waals surface area (Å²) >= 11 is 0. The van der Waals surface area contributed by atoms with Crippen molar-refractivity contribution in [3.8, 4) is 5.75 Å². The third-order valence-corrected chi connectivity index (χ3v) is 8.11. The first-order valence-electron chi connectivity index (χ1n) is 11.7. The minimum Gasteiger partial charge on any atom is -0.491 e. The molecule has 0 bridgehead atoms. The van der Waals surface area contributed by atoms with E-state index in [2.05, 4.69) is 0 Å². The van der Waals surface area contributed by atoms with E-state index in [9.17, 15) is 22.0 Å². The highest BCUT2D eigenvalue weighted by molar-refractivity contribution is 7.89. The molecule has 3 aromatic rings. The molecule has 0 N–H and O–H groups in total. The number of ether oxygens (including phenoxy) is 1. The van der Waals surface area contributed by atoms with Gasteiger partial charge < -0.3 is 9.64 Å². The fourth-order valence-electron chi connectivity index (χ4n) is 4.32. The highest BCUT2D eigenvalue weighted by Gasteiger charge is 2.33. The van der Waals surface area contributed by atoms with Crippen molar-refractivity contribution in [2.75, 3.05) is 26.7 Å². The van der Waals surface area contributed by atoms with Gasteiger partial charge in [0.15, 0.2) is 0 Å². The second-order valence-electron chi connectivity index (χ2n) is 8.81. The lowest BCUT2D eigenvalue weighted by Gasteiger charge is -2.32. The van der Waals surface area contributed by atoms with Crippen LogP contribution < -0.4 is 4.74 Å². The number of hydrogen-bond acceptors (Lipinski definition) is 4. The van der Waals surface area contributed by atoms with Gasteiger partial charge in [-0.15, -0.1) is 0 Å². The number of sulfonamides is 1. The average Bonchev–Trinajstić information content (AvgIpc) is 2.85. The number of fused-ring (bicyclic) bond motifs is 1. The fraction of sp³-hybridized carbons (Fsp3) is 0.296. The maximum Gasteiger partial charge on any atom is 0.257 e. The van der Waals surface area contributed by atoms with Crippen LogP contribution in [0, 0.1) is 11.6 Å². The Labute approximate surface area is 210 Å². The van der Waals surface area contributed by atoms with Crippen molar-refractivity contribution in [3.05, 3.63) is 95.6 Å². The molecule has 9 heteroatoms. The summed E-state index contributed by atoms with van der Waals surface area (Å²) in [6.45, 7) is 0.462. The van der Waals surface area contributed by atoms with Crippen LogP contribution in [0.15, 0.2) is 77.7 Å². The number of hydrogen-bond donors (Lipinski definition) is 0. The zero-order valence-corrected chi connectivity index (χ0v) is 20.8. The van der Waals surface area contributed by atoms with Crippen molar-refractivity contribution < 1.29 is 26.7 Å². The number of rotatable bonds is 4. The molecular weight excluding hydrogens is 486 g/mol. The van der Waals surface area contributed by atoms with Gasteiger partial charge in [0.1, 0.15) is 24.0 Å². The molecule has 6 nitrogen and oxygen atoms in total. The van der Waals surface area contributed by atoms with Gasteiger partial charge >= 0.3 is 0 Å². The molecule has 0 saturated heterocycles. The Hall–Kier alpha value is -3.30. The van der Waals surface area contributed by atoms with E-state index in [0.29, 0.717) is 43.2 Å². The first-order chi connectivity index (χ1) is 17.3. The minimum absolute atomic E-state index is 0.0556. The van der Waals surface area contributed by atoms with Crippen LogP contribution in [0.5, 0.6) is 5.75 Å². The predicted octanol–water partition coefficient (Wildman–Crippen LogP) is 4.51. The summed E-state index contributed by atoms with van der Waals surface area (Å²) in [7, 11) is -2.59. The summed E-state index contributed by atoms with van der Waals surface area (Å²) in [6, 6.07) is 17.8. The van der Waals surface area contributed by atoms with Crippen molar-refractivity contribution >= 4 is 15.9 Å². The Balaban J connectivity index is 1.77. The molecule has 0 radical (unpaired) electrons. The maximum atomic E-state index is 14.0. The van der Waals surface area contributed by atoms with Gasteiger partial charge in [-0.25, -0.2) is 17.2 Å². The summed E-state index contributed by atoms with van der Waals surface area (Å²) in [5, 5.41) is 0. The van der Waals surface area contributed by atoms with Crippen molar-refractivity contribution in [1.29, 1.82) is 0 Å². The molecule has 1 heterocycles. The van der Waals surface area contributed by atoms with Gasteiger partial charge in [0.05, 0.1) is 16.5 Å². The molecule has 36 heavy (non-hydrogen) atoms. The molecule has 190 valence electrons. The van der Waals surface area contributed by atoms with Gasteiger partial charge in [0.25, 0.3) is 5.91 Å². The molecule has 0 fully saturated rings. The molecule has 0 spiro atoms. The zero-order valence-electron chi connectivity index (χ0n) is 19.9. The van der Waals surface area contributed by atoms with E-state index in [0.717, 1.165) is 17.7 Å². The Morgan fingerprint density at radius 3 is 2.28 bits per heavy atom. The van der Waals surface area contributed by atoms with Gasteiger partial charge in [-0.05, 0) is 49.1 Å². The topological polar surface area (TPSA) is 66.9 Å². The molecule has 0 saturated carbocycles. The lowest BCUT2D eigenvalue weighted by molar-refractivity contribution is 0.0781. The smallest absolute Gasteiger partial charge is 0.257 e. The molecular formula is C27H28F2N2O4S. The van der Waals surface area contributed by atoms with Gasteiger partial charge in [0, 0.05) is 26.2 Å². The van der Waals surface area contributed by atoms with E-state index in [1.165, 1.54) is 4.31 Å². The summed E-state index contributed by atoms with van der Waals surface area (Å²) in [5.74, 6) is -1.76. The first-order valence-corrected chi connectivity index (χ1v) is 13.2. The number of para-hydroxylation sites is 1. The van der Waals surface area contributed by atoms with E-state index < -0.39 is 32.6 Å². The number of halogens is 2. The van der Waals surface area contributed by atoms with Crippen molar-refractivity contribution in [2.45, 2.75) is 30.2 Å². The predicted molar refractivity (Wildman–Crippen MR) is 132 cm³/mol. The maximum absolute atomic E-state index is 14.0. The normalized spacial score (nSPS) is 18.0. The number of nitrogens with zero attached hydrogens (tertiary/aromatic N) is 2. The first kappa shape index (κ1) is 25.8. The van der Waals surface area contributed by atoms with Crippen molar-refractivity contribution in [1.82, 2.24) is 9.21 Å². The number of carbonyl (C=O) groups is 1. The Bertz CT molecular complexity index is 1300. The Morgan fingerprint density at radius 2 is 1.56 bits per heavy atom. The second-order valence-corrected chi connectivity index (χ2v) is 10.7. The van der Waals surface area contributed by atoms with E-state index >= 15 is 0 Å². The summed E-state index contributed by atoms with van der Waals surface area (Å²) in [5.41, 5.74) is 1.27. The van der Waals surface area contributed by atoms with E-state index in [1.807, 2.05) is 30.3 Å². The molecule has 1 atom stereocenters. The third-order valence-electron chi connectivity index (χ3n) is 6.18. The number of benzene rings is 3. The molecule has 4 rings (SSSR count). The Morgan fingerprint density at radius 1 is 0.917 bits per heavy atom. The largest absolute Gasteiger partial charge is 0.491 e. The molecule has 0 aliphatic carbocycles. The van der Waals surface area contributed by atoms with E-state index in [-0.39, 0.29) is 19.1 Å². The lowest BCUT2D eigenvalue weighted by Crippen LogP contribution is -2.46. The highest BCUT2D eigenvalue weighted by Crippen LogP contribution is 2.26. The summed E-state index contributed by atoms with van der Waals surface area (Å²) < 4.78 is 62.8. The van der Waals surface area contributed by atoms with Crippen LogP contribution in [0.3, 0.4) is 0 Å². The van der Waals surface area contributed by atoms with Crippen LogP contribution in [0.4, 0.5) is 8.78 Å². The fourth-order valence-corrected chi connectivity index (χ4v) is 6.01. The molecule has 0 aromatic heterocycles. The van der Waals surface area contributed by atoms with Crippen LogP contribution in [0.25, 0.3) is 0 Å². The molecule has 1 aliphatic rings. The monoisotopic (exact) mass is 514 g/mol. The minimum atomic E-state index is -4.27. The van der Waals surface area contributed by atoms with Crippen LogP contribution in [-0.2, 0) is 16.4 Å². The molecule has 3 aromatic carbocycles. The van der Waals surface area contributed by atoms with E-state index in [1.54, 1.807) is 36.2 Å². The van der Waals surface area contributed by atoms with Crippen molar-refractivity contribution in [3.63, 3.8) is 0 Å².